The van der Waals surface area contributed by atoms with Crippen LogP contribution in [0.15, 0.2) is 64.8 Å². The van der Waals surface area contributed by atoms with Crippen molar-refractivity contribution in [2.45, 2.75) is 26.4 Å². The number of amides is 1. The molecule has 0 aliphatic heterocycles. The van der Waals surface area contributed by atoms with Crippen molar-refractivity contribution in [2.24, 2.45) is 0 Å². The molecule has 0 aliphatic carbocycles. The summed E-state index contributed by atoms with van der Waals surface area (Å²) in [5.74, 6) is -0.182. The summed E-state index contributed by atoms with van der Waals surface area (Å²) in [6, 6.07) is 17.7. The first-order valence-corrected chi connectivity index (χ1v) is 8.98. The van der Waals surface area contributed by atoms with Crippen LogP contribution in [0.3, 0.4) is 0 Å². The van der Waals surface area contributed by atoms with Crippen LogP contribution in [-0.2, 0) is 11.3 Å². The second-order valence-corrected chi connectivity index (χ2v) is 6.87. The van der Waals surface area contributed by atoms with Crippen molar-refractivity contribution in [3.8, 4) is 0 Å². The highest BCUT2D eigenvalue weighted by Gasteiger charge is 2.18. The summed E-state index contributed by atoms with van der Waals surface area (Å²) in [4.78, 5) is 24.3. The number of carbonyl (C=O) groups is 1. The Bertz CT molecular complexity index is 911. The summed E-state index contributed by atoms with van der Waals surface area (Å²) in [6.07, 6.45) is 0. The van der Waals surface area contributed by atoms with Crippen LogP contribution < -0.4 is 10.2 Å². The minimum Gasteiger partial charge on any atom is -0.344 e. The second kappa shape index (κ2) is 7.49. The van der Waals surface area contributed by atoms with Gasteiger partial charge in [0.1, 0.15) is 6.54 Å². The van der Waals surface area contributed by atoms with Crippen molar-refractivity contribution in [3.63, 3.8) is 0 Å². The van der Waals surface area contributed by atoms with Crippen LogP contribution >= 0.6 is 11.3 Å². The van der Waals surface area contributed by atoms with Crippen molar-refractivity contribution in [3.05, 3.63) is 92.0 Å². The maximum Gasteiger partial charge on any atom is 0.307 e. The van der Waals surface area contributed by atoms with Crippen molar-refractivity contribution in [1.29, 1.82) is 0 Å². The molecule has 0 fully saturated rings. The van der Waals surface area contributed by atoms with E-state index in [1.165, 1.54) is 10.1 Å². The lowest BCUT2D eigenvalue weighted by Gasteiger charge is -2.20. The van der Waals surface area contributed by atoms with E-state index in [0.29, 0.717) is 0 Å². The maximum atomic E-state index is 12.6. The van der Waals surface area contributed by atoms with Gasteiger partial charge in [-0.2, -0.15) is 0 Å². The number of aryl methyl sites for hydroxylation is 2. The summed E-state index contributed by atoms with van der Waals surface area (Å²) in [6.45, 7) is 3.90. The highest BCUT2D eigenvalue weighted by Crippen LogP contribution is 2.22. The van der Waals surface area contributed by atoms with Gasteiger partial charge in [-0.1, -0.05) is 71.5 Å². The van der Waals surface area contributed by atoms with Gasteiger partial charge in [0.2, 0.25) is 5.91 Å². The third-order valence-electron chi connectivity index (χ3n) is 4.13. The van der Waals surface area contributed by atoms with Gasteiger partial charge in [0.05, 0.1) is 6.04 Å². The van der Waals surface area contributed by atoms with E-state index in [4.69, 9.17) is 0 Å². The summed E-state index contributed by atoms with van der Waals surface area (Å²) >= 11 is 1.11. The summed E-state index contributed by atoms with van der Waals surface area (Å²) in [7, 11) is 0. The number of rotatable bonds is 5. The maximum absolute atomic E-state index is 12.6. The molecular weight excluding hydrogens is 332 g/mol. The Morgan fingerprint density at radius 2 is 1.68 bits per heavy atom. The molecule has 0 radical (unpaired) electrons. The SMILES string of the molecule is Cc1ccc(C(NC(=O)Cn2c(C)csc2=O)c2ccccc2)cc1. The first-order chi connectivity index (χ1) is 12.0. The molecule has 2 aromatic carbocycles. The zero-order valence-electron chi connectivity index (χ0n) is 14.2. The van der Waals surface area contributed by atoms with Crippen LogP contribution in [0.1, 0.15) is 28.4 Å². The van der Waals surface area contributed by atoms with Gasteiger partial charge < -0.3 is 5.32 Å². The molecule has 1 unspecified atom stereocenters. The largest absolute Gasteiger partial charge is 0.344 e. The Labute approximate surface area is 150 Å². The number of carbonyl (C=O) groups excluding carboxylic acids is 1. The molecule has 1 aromatic heterocycles. The predicted octanol–water partition coefficient (Wildman–Crippen LogP) is 3.43. The standard InChI is InChI=1S/C20H20N2O2S/c1-14-8-10-17(11-9-14)19(16-6-4-3-5-7-16)21-18(23)12-22-15(2)13-25-20(22)24/h3-11,13,19H,12H2,1-2H3,(H,21,23). The summed E-state index contributed by atoms with van der Waals surface area (Å²) < 4.78 is 1.50. The summed E-state index contributed by atoms with van der Waals surface area (Å²) in [5, 5.41) is 4.84. The van der Waals surface area contributed by atoms with Crippen LogP contribution in [0.25, 0.3) is 0 Å². The fourth-order valence-corrected chi connectivity index (χ4v) is 3.44. The van der Waals surface area contributed by atoms with Crippen LogP contribution in [0.2, 0.25) is 0 Å². The first kappa shape index (κ1) is 17.2. The number of aromatic nitrogens is 1. The third-order valence-corrected chi connectivity index (χ3v) is 5.01. The number of hydrogen-bond donors (Lipinski definition) is 1. The lowest BCUT2D eigenvalue weighted by molar-refractivity contribution is -0.122. The average Bonchev–Trinajstić information content (AvgIpc) is 2.93. The van der Waals surface area contributed by atoms with E-state index in [1.807, 2.05) is 68.4 Å². The molecule has 1 heterocycles. The molecule has 5 heteroatoms. The zero-order chi connectivity index (χ0) is 17.8. The molecule has 0 aliphatic rings. The van der Waals surface area contributed by atoms with Crippen LogP contribution in [0, 0.1) is 13.8 Å². The minimum atomic E-state index is -0.246. The molecule has 1 N–H and O–H groups in total. The molecule has 4 nitrogen and oxygen atoms in total. The molecular formula is C20H20N2O2S. The van der Waals surface area contributed by atoms with E-state index in [2.05, 4.69) is 5.32 Å². The van der Waals surface area contributed by atoms with Crippen molar-refractivity contribution in [1.82, 2.24) is 9.88 Å². The van der Waals surface area contributed by atoms with Gasteiger partial charge in [0.25, 0.3) is 0 Å². The number of nitrogens with zero attached hydrogens (tertiary/aromatic N) is 1. The van der Waals surface area contributed by atoms with Gasteiger partial charge in [-0.05, 0) is 25.0 Å². The van der Waals surface area contributed by atoms with E-state index in [-0.39, 0.29) is 23.4 Å². The van der Waals surface area contributed by atoms with Crippen molar-refractivity contribution >= 4 is 17.2 Å². The molecule has 25 heavy (non-hydrogen) atoms. The fourth-order valence-electron chi connectivity index (χ4n) is 2.71. The molecule has 3 aromatic rings. The van der Waals surface area contributed by atoms with E-state index < -0.39 is 0 Å². The lowest BCUT2D eigenvalue weighted by Crippen LogP contribution is -2.34. The van der Waals surface area contributed by atoms with E-state index in [1.54, 1.807) is 5.38 Å². The normalized spacial score (nSPS) is 11.9. The summed E-state index contributed by atoms with van der Waals surface area (Å²) in [5.41, 5.74) is 3.99. The molecule has 0 saturated heterocycles. The Hall–Kier alpha value is -2.66. The molecule has 0 bridgehead atoms. The fraction of sp³-hybridized carbons (Fsp3) is 0.200. The quantitative estimate of drug-likeness (QED) is 0.765. The van der Waals surface area contributed by atoms with Gasteiger partial charge >= 0.3 is 4.87 Å². The van der Waals surface area contributed by atoms with Crippen LogP contribution in [0.4, 0.5) is 0 Å². The number of thiazole rings is 1. The smallest absolute Gasteiger partial charge is 0.307 e. The van der Waals surface area contributed by atoms with Crippen LogP contribution in [0.5, 0.6) is 0 Å². The Morgan fingerprint density at radius 1 is 1.04 bits per heavy atom. The highest BCUT2D eigenvalue weighted by molar-refractivity contribution is 7.07. The Balaban J connectivity index is 1.86. The van der Waals surface area contributed by atoms with E-state index in [9.17, 15) is 9.59 Å². The van der Waals surface area contributed by atoms with Gasteiger partial charge in [-0.25, -0.2) is 0 Å². The predicted molar refractivity (Wildman–Crippen MR) is 101 cm³/mol. The van der Waals surface area contributed by atoms with Gasteiger partial charge in [0.15, 0.2) is 0 Å². The zero-order valence-corrected chi connectivity index (χ0v) is 15.0. The second-order valence-electron chi connectivity index (χ2n) is 6.05. The van der Waals surface area contributed by atoms with Crippen molar-refractivity contribution in [2.75, 3.05) is 0 Å². The average molecular weight is 352 g/mol. The molecule has 0 spiro atoms. The van der Waals surface area contributed by atoms with Gasteiger partial charge in [-0.15, -0.1) is 0 Å². The van der Waals surface area contributed by atoms with Crippen LogP contribution in [-0.4, -0.2) is 10.5 Å². The Kier molecular flexibility index (Phi) is 5.14. The molecule has 3 rings (SSSR count). The van der Waals surface area contributed by atoms with Crippen molar-refractivity contribution < 1.29 is 4.79 Å². The van der Waals surface area contributed by atoms with E-state index >= 15 is 0 Å². The highest BCUT2D eigenvalue weighted by atomic mass is 32.1. The minimum absolute atomic E-state index is 0.0311. The number of nitrogens with one attached hydrogen (secondary N) is 1. The third kappa shape index (κ3) is 4.06. The Morgan fingerprint density at radius 3 is 2.28 bits per heavy atom. The monoisotopic (exact) mass is 352 g/mol. The molecule has 0 saturated carbocycles. The van der Waals surface area contributed by atoms with Gasteiger partial charge in [-0.3, -0.25) is 14.2 Å². The van der Waals surface area contributed by atoms with E-state index in [0.717, 1.165) is 28.2 Å². The molecule has 1 amide bonds. The lowest BCUT2D eigenvalue weighted by atomic mass is 9.98. The molecule has 128 valence electrons. The molecule has 1 atom stereocenters. The number of hydrogen-bond acceptors (Lipinski definition) is 3. The first-order valence-electron chi connectivity index (χ1n) is 8.10. The number of benzene rings is 2. The van der Waals surface area contributed by atoms with Gasteiger partial charge in [0, 0.05) is 11.1 Å². The topological polar surface area (TPSA) is 51.1 Å².